The van der Waals surface area contributed by atoms with E-state index in [1.165, 1.54) is 0 Å². The number of amides is 2. The normalized spacial score (nSPS) is 13.1. The average Bonchev–Trinajstić information content (AvgIpc) is 3.11. The molecule has 0 radical (unpaired) electrons. The first-order chi connectivity index (χ1) is 11.6. The molecule has 0 saturated heterocycles. The lowest BCUT2D eigenvalue weighted by atomic mass is 10.0. The quantitative estimate of drug-likeness (QED) is 0.782. The first-order valence-electron chi connectivity index (χ1n) is 8.28. The fraction of sp³-hybridized carbons (Fsp3) is 0.444. The number of nitrogens with one attached hydrogen (secondary N) is 2. The van der Waals surface area contributed by atoms with Crippen molar-refractivity contribution in [3.63, 3.8) is 0 Å². The molecular formula is C18H26N4O2. The molecule has 0 saturated carbocycles. The molecule has 24 heavy (non-hydrogen) atoms. The van der Waals surface area contributed by atoms with Gasteiger partial charge in [0.1, 0.15) is 5.75 Å². The van der Waals surface area contributed by atoms with Gasteiger partial charge in [-0.1, -0.05) is 26.0 Å². The number of hydrogen-bond acceptors (Lipinski definition) is 3. The van der Waals surface area contributed by atoms with E-state index in [4.69, 9.17) is 4.74 Å². The van der Waals surface area contributed by atoms with Crippen LogP contribution in [0.1, 0.15) is 31.9 Å². The SMILES string of the molecule is CCC(NC(=O)NCC(C)Cn1cccn1)c1ccc(OC)cc1. The van der Waals surface area contributed by atoms with Gasteiger partial charge in [0.15, 0.2) is 0 Å². The minimum absolute atomic E-state index is 0.0164. The number of hydrogen-bond donors (Lipinski definition) is 2. The van der Waals surface area contributed by atoms with E-state index in [0.717, 1.165) is 24.3 Å². The van der Waals surface area contributed by atoms with Gasteiger partial charge in [0, 0.05) is 25.5 Å². The van der Waals surface area contributed by atoms with Gasteiger partial charge in [-0.25, -0.2) is 4.79 Å². The summed E-state index contributed by atoms with van der Waals surface area (Å²) in [6.45, 7) is 5.52. The molecule has 6 nitrogen and oxygen atoms in total. The smallest absolute Gasteiger partial charge is 0.315 e. The van der Waals surface area contributed by atoms with E-state index in [1.54, 1.807) is 13.3 Å². The van der Waals surface area contributed by atoms with Gasteiger partial charge in [0.05, 0.1) is 13.2 Å². The molecule has 1 aromatic carbocycles. The van der Waals surface area contributed by atoms with E-state index in [1.807, 2.05) is 41.2 Å². The molecule has 2 amide bonds. The Morgan fingerprint density at radius 3 is 2.67 bits per heavy atom. The third-order valence-electron chi connectivity index (χ3n) is 3.90. The molecule has 0 bridgehead atoms. The third-order valence-corrected chi connectivity index (χ3v) is 3.90. The fourth-order valence-electron chi connectivity index (χ4n) is 2.53. The Bertz CT molecular complexity index is 610. The number of carbonyl (C=O) groups is 1. The summed E-state index contributed by atoms with van der Waals surface area (Å²) in [6, 6.07) is 9.50. The summed E-state index contributed by atoms with van der Waals surface area (Å²) in [5, 5.41) is 10.1. The van der Waals surface area contributed by atoms with Crippen LogP contribution in [-0.2, 0) is 6.54 Å². The highest BCUT2D eigenvalue weighted by Crippen LogP contribution is 2.19. The predicted octanol–water partition coefficient (Wildman–Crippen LogP) is 2.98. The Hall–Kier alpha value is -2.50. The molecule has 1 heterocycles. The van der Waals surface area contributed by atoms with Crippen LogP contribution in [0.4, 0.5) is 4.79 Å². The number of benzene rings is 1. The molecule has 2 unspecified atom stereocenters. The number of urea groups is 1. The molecule has 2 atom stereocenters. The summed E-state index contributed by atoms with van der Waals surface area (Å²) in [7, 11) is 1.64. The minimum atomic E-state index is -0.148. The summed E-state index contributed by atoms with van der Waals surface area (Å²) in [6.07, 6.45) is 4.50. The molecule has 2 aromatic rings. The second-order valence-electron chi connectivity index (χ2n) is 5.92. The molecule has 2 rings (SSSR count). The van der Waals surface area contributed by atoms with Crippen LogP contribution in [0.3, 0.4) is 0 Å². The van der Waals surface area contributed by atoms with E-state index in [9.17, 15) is 4.79 Å². The number of methoxy groups -OCH3 is 1. The van der Waals surface area contributed by atoms with Crippen molar-refractivity contribution < 1.29 is 9.53 Å². The Morgan fingerprint density at radius 1 is 1.33 bits per heavy atom. The van der Waals surface area contributed by atoms with Gasteiger partial charge in [0.2, 0.25) is 0 Å². The maximum absolute atomic E-state index is 12.1. The standard InChI is InChI=1S/C18H26N4O2/c1-4-17(15-6-8-16(24-3)9-7-15)21-18(23)19-12-14(2)13-22-11-5-10-20-22/h5-11,14,17H,4,12-13H2,1-3H3,(H2,19,21,23). The molecule has 0 aliphatic rings. The van der Waals surface area contributed by atoms with Crippen LogP contribution in [0.25, 0.3) is 0 Å². The monoisotopic (exact) mass is 330 g/mol. The first kappa shape index (κ1) is 17.8. The molecule has 2 N–H and O–H groups in total. The highest BCUT2D eigenvalue weighted by atomic mass is 16.5. The van der Waals surface area contributed by atoms with E-state index in [-0.39, 0.29) is 12.1 Å². The Labute approximate surface area is 143 Å². The number of nitrogens with zero attached hydrogens (tertiary/aromatic N) is 2. The highest BCUT2D eigenvalue weighted by Gasteiger charge is 2.13. The van der Waals surface area contributed by atoms with Crippen molar-refractivity contribution in [3.05, 3.63) is 48.3 Å². The summed E-state index contributed by atoms with van der Waals surface area (Å²) < 4.78 is 7.04. The first-order valence-corrected chi connectivity index (χ1v) is 8.28. The van der Waals surface area contributed by atoms with E-state index in [2.05, 4.69) is 29.6 Å². The van der Waals surface area contributed by atoms with Gasteiger partial charge in [-0.2, -0.15) is 5.10 Å². The molecule has 0 aliphatic carbocycles. The van der Waals surface area contributed by atoms with Gasteiger partial charge in [-0.05, 0) is 36.1 Å². The zero-order valence-electron chi connectivity index (χ0n) is 14.5. The zero-order chi connectivity index (χ0) is 17.4. The lowest BCUT2D eigenvalue weighted by Crippen LogP contribution is -2.40. The van der Waals surface area contributed by atoms with Gasteiger partial charge in [-0.15, -0.1) is 0 Å². The lowest BCUT2D eigenvalue weighted by molar-refractivity contribution is 0.234. The Morgan fingerprint density at radius 2 is 2.08 bits per heavy atom. The summed E-state index contributed by atoms with van der Waals surface area (Å²) in [4.78, 5) is 12.1. The Kier molecular flexibility index (Phi) is 6.66. The van der Waals surface area contributed by atoms with Crippen LogP contribution in [0.15, 0.2) is 42.7 Å². The predicted molar refractivity (Wildman–Crippen MR) is 94.0 cm³/mol. The van der Waals surface area contributed by atoms with Gasteiger partial charge in [0.25, 0.3) is 0 Å². The van der Waals surface area contributed by atoms with Crippen molar-refractivity contribution in [3.8, 4) is 5.75 Å². The van der Waals surface area contributed by atoms with Gasteiger partial charge in [-0.3, -0.25) is 4.68 Å². The molecule has 0 spiro atoms. The minimum Gasteiger partial charge on any atom is -0.497 e. The van der Waals surface area contributed by atoms with Crippen LogP contribution < -0.4 is 15.4 Å². The maximum Gasteiger partial charge on any atom is 0.315 e. The van der Waals surface area contributed by atoms with Crippen molar-refractivity contribution >= 4 is 6.03 Å². The van der Waals surface area contributed by atoms with Gasteiger partial charge >= 0.3 is 6.03 Å². The molecule has 0 fully saturated rings. The van der Waals surface area contributed by atoms with Crippen LogP contribution in [-0.4, -0.2) is 29.5 Å². The molecule has 6 heteroatoms. The fourth-order valence-corrected chi connectivity index (χ4v) is 2.53. The molecule has 0 aliphatic heterocycles. The van der Waals surface area contributed by atoms with Crippen molar-refractivity contribution in [2.24, 2.45) is 5.92 Å². The Balaban J connectivity index is 1.80. The van der Waals surface area contributed by atoms with E-state index in [0.29, 0.717) is 12.5 Å². The number of rotatable bonds is 8. The molecule has 130 valence electrons. The highest BCUT2D eigenvalue weighted by molar-refractivity contribution is 5.74. The van der Waals surface area contributed by atoms with E-state index >= 15 is 0 Å². The van der Waals surface area contributed by atoms with Crippen molar-refractivity contribution in [1.82, 2.24) is 20.4 Å². The molecule has 1 aromatic heterocycles. The number of ether oxygens (including phenoxy) is 1. The van der Waals surface area contributed by atoms with Crippen LogP contribution in [0.5, 0.6) is 5.75 Å². The third kappa shape index (κ3) is 5.30. The van der Waals surface area contributed by atoms with Crippen LogP contribution >= 0.6 is 0 Å². The number of carbonyl (C=O) groups excluding carboxylic acids is 1. The van der Waals surface area contributed by atoms with Crippen molar-refractivity contribution in [2.75, 3.05) is 13.7 Å². The topological polar surface area (TPSA) is 68.2 Å². The summed E-state index contributed by atoms with van der Waals surface area (Å²) in [5.41, 5.74) is 1.07. The maximum atomic E-state index is 12.1. The zero-order valence-corrected chi connectivity index (χ0v) is 14.5. The largest absolute Gasteiger partial charge is 0.497 e. The van der Waals surface area contributed by atoms with Crippen LogP contribution in [0, 0.1) is 5.92 Å². The summed E-state index contributed by atoms with van der Waals surface area (Å²) in [5.74, 6) is 1.11. The molecular weight excluding hydrogens is 304 g/mol. The number of aromatic nitrogens is 2. The summed E-state index contributed by atoms with van der Waals surface area (Å²) >= 11 is 0. The van der Waals surface area contributed by atoms with Crippen molar-refractivity contribution in [1.29, 1.82) is 0 Å². The average molecular weight is 330 g/mol. The second kappa shape index (κ2) is 8.96. The lowest BCUT2D eigenvalue weighted by Gasteiger charge is -2.19. The van der Waals surface area contributed by atoms with Crippen LogP contribution in [0.2, 0.25) is 0 Å². The van der Waals surface area contributed by atoms with E-state index < -0.39 is 0 Å². The van der Waals surface area contributed by atoms with Crippen molar-refractivity contribution in [2.45, 2.75) is 32.9 Å². The second-order valence-corrected chi connectivity index (χ2v) is 5.92. The van der Waals surface area contributed by atoms with Gasteiger partial charge < -0.3 is 15.4 Å².